The van der Waals surface area contributed by atoms with Gasteiger partial charge in [-0.25, -0.2) is 4.39 Å². The van der Waals surface area contributed by atoms with Crippen LogP contribution in [-0.4, -0.2) is 0 Å². The van der Waals surface area contributed by atoms with Crippen LogP contribution in [0.25, 0.3) is 0 Å². The van der Waals surface area contributed by atoms with Gasteiger partial charge in [-0.2, -0.15) is 0 Å². The van der Waals surface area contributed by atoms with Crippen molar-refractivity contribution in [3.05, 3.63) is 58.9 Å². The highest BCUT2D eigenvalue weighted by molar-refractivity contribution is 6.30. The molecule has 0 aromatic heterocycles. The number of benzene rings is 2. The molecule has 1 fully saturated rings. The monoisotopic (exact) mass is 291 g/mol. The van der Waals surface area contributed by atoms with Gasteiger partial charge in [0.2, 0.25) is 0 Å². The van der Waals surface area contributed by atoms with Crippen LogP contribution in [0.2, 0.25) is 5.02 Å². The summed E-state index contributed by atoms with van der Waals surface area (Å²) < 4.78 is 19.8. The van der Waals surface area contributed by atoms with Gasteiger partial charge in [0.1, 0.15) is 17.2 Å². The summed E-state index contributed by atoms with van der Waals surface area (Å²) in [5.74, 6) is 0.339. The third-order valence-corrected chi connectivity index (χ3v) is 4.11. The number of hydrogen-bond acceptors (Lipinski definition) is 2. The standard InChI is InChI=1S/C16H15ClFNO/c17-14-7-2-11(10-15(14)18)16(8-1-9-16)20-13-5-3-12(19)4-6-13/h2-7,10H,1,8-9,19H2. The summed E-state index contributed by atoms with van der Waals surface area (Å²) in [7, 11) is 0. The molecule has 0 amide bonds. The average Bonchev–Trinajstić information content (AvgIpc) is 2.39. The van der Waals surface area contributed by atoms with E-state index >= 15 is 0 Å². The Balaban J connectivity index is 1.90. The Morgan fingerprint density at radius 1 is 1.10 bits per heavy atom. The van der Waals surface area contributed by atoms with Crippen molar-refractivity contribution in [1.82, 2.24) is 0 Å². The highest BCUT2D eigenvalue weighted by atomic mass is 35.5. The predicted octanol–water partition coefficient (Wildman–Crippen LogP) is 4.52. The third-order valence-electron chi connectivity index (χ3n) is 3.80. The number of nitrogen functional groups attached to an aromatic ring is 1. The first-order valence-electron chi connectivity index (χ1n) is 6.59. The molecule has 2 nitrogen and oxygen atoms in total. The van der Waals surface area contributed by atoms with Crippen LogP contribution in [0.3, 0.4) is 0 Å². The van der Waals surface area contributed by atoms with E-state index in [1.54, 1.807) is 18.2 Å². The van der Waals surface area contributed by atoms with Crippen molar-refractivity contribution in [3.63, 3.8) is 0 Å². The zero-order valence-corrected chi connectivity index (χ0v) is 11.7. The normalized spacial score (nSPS) is 16.5. The number of anilines is 1. The minimum absolute atomic E-state index is 0.135. The molecule has 0 aliphatic heterocycles. The third kappa shape index (κ3) is 2.34. The molecule has 1 saturated carbocycles. The van der Waals surface area contributed by atoms with Gasteiger partial charge in [0.15, 0.2) is 0 Å². The molecule has 104 valence electrons. The summed E-state index contributed by atoms with van der Waals surface area (Å²) in [6.45, 7) is 0. The maximum Gasteiger partial charge on any atom is 0.142 e. The summed E-state index contributed by atoms with van der Waals surface area (Å²) in [5.41, 5.74) is 6.75. The van der Waals surface area contributed by atoms with Crippen molar-refractivity contribution in [2.45, 2.75) is 24.9 Å². The van der Waals surface area contributed by atoms with E-state index in [0.717, 1.165) is 30.6 Å². The lowest BCUT2D eigenvalue weighted by Gasteiger charge is -2.42. The van der Waals surface area contributed by atoms with Crippen molar-refractivity contribution in [1.29, 1.82) is 0 Å². The molecule has 0 radical (unpaired) electrons. The zero-order valence-electron chi connectivity index (χ0n) is 10.9. The largest absolute Gasteiger partial charge is 0.483 e. The summed E-state index contributed by atoms with van der Waals surface area (Å²) in [4.78, 5) is 0. The van der Waals surface area contributed by atoms with Crippen LogP contribution in [0, 0.1) is 5.82 Å². The molecule has 2 aromatic carbocycles. The Morgan fingerprint density at radius 3 is 2.35 bits per heavy atom. The second-order valence-corrected chi connectivity index (χ2v) is 5.56. The molecule has 0 unspecified atom stereocenters. The quantitative estimate of drug-likeness (QED) is 0.844. The van der Waals surface area contributed by atoms with E-state index in [0.29, 0.717) is 5.69 Å². The lowest BCUT2D eigenvalue weighted by atomic mass is 9.74. The molecular formula is C16H15ClFNO. The van der Waals surface area contributed by atoms with Crippen molar-refractivity contribution in [2.24, 2.45) is 0 Å². The lowest BCUT2D eigenvalue weighted by molar-refractivity contribution is -0.0124. The summed E-state index contributed by atoms with van der Waals surface area (Å²) >= 11 is 5.74. The van der Waals surface area contributed by atoms with Gasteiger partial charge in [-0.1, -0.05) is 17.7 Å². The first kappa shape index (κ1) is 13.3. The predicted molar refractivity (Wildman–Crippen MR) is 78.4 cm³/mol. The SMILES string of the molecule is Nc1ccc(OC2(c3ccc(Cl)c(F)c3)CCC2)cc1. The topological polar surface area (TPSA) is 35.2 Å². The van der Waals surface area contributed by atoms with Crippen LogP contribution in [0.15, 0.2) is 42.5 Å². The summed E-state index contributed by atoms with van der Waals surface area (Å²) in [6.07, 6.45) is 2.82. The van der Waals surface area contributed by atoms with Crippen LogP contribution in [0.5, 0.6) is 5.75 Å². The zero-order chi connectivity index (χ0) is 14.2. The minimum Gasteiger partial charge on any atom is -0.483 e. The lowest BCUT2D eigenvalue weighted by Crippen LogP contribution is -2.40. The van der Waals surface area contributed by atoms with Gasteiger partial charge in [-0.05, 0) is 61.2 Å². The van der Waals surface area contributed by atoms with Gasteiger partial charge in [0.25, 0.3) is 0 Å². The number of rotatable bonds is 3. The molecule has 20 heavy (non-hydrogen) atoms. The molecule has 0 atom stereocenters. The highest BCUT2D eigenvalue weighted by Crippen LogP contribution is 2.45. The molecule has 0 bridgehead atoms. The van der Waals surface area contributed by atoms with Gasteiger partial charge in [-0.15, -0.1) is 0 Å². The number of nitrogens with two attached hydrogens (primary N) is 1. The van der Waals surface area contributed by atoms with E-state index in [-0.39, 0.29) is 5.02 Å². The number of hydrogen-bond donors (Lipinski definition) is 1. The molecule has 2 aromatic rings. The Bertz CT molecular complexity index is 623. The molecule has 0 saturated heterocycles. The molecule has 3 rings (SSSR count). The van der Waals surface area contributed by atoms with Crippen molar-refractivity contribution < 1.29 is 9.13 Å². The average molecular weight is 292 g/mol. The van der Waals surface area contributed by atoms with Crippen LogP contribution in [0.4, 0.5) is 10.1 Å². The maximum absolute atomic E-state index is 13.7. The Hall–Kier alpha value is -1.74. The molecule has 0 spiro atoms. The van der Waals surface area contributed by atoms with Crippen molar-refractivity contribution in [3.8, 4) is 5.75 Å². The van der Waals surface area contributed by atoms with Crippen molar-refractivity contribution in [2.75, 3.05) is 5.73 Å². The maximum atomic E-state index is 13.7. The second-order valence-electron chi connectivity index (χ2n) is 5.15. The molecule has 4 heteroatoms. The number of halogens is 2. The first-order chi connectivity index (χ1) is 9.59. The smallest absolute Gasteiger partial charge is 0.142 e. The van der Waals surface area contributed by atoms with Crippen molar-refractivity contribution >= 4 is 17.3 Å². The molecule has 0 heterocycles. The Kier molecular flexibility index (Phi) is 3.30. The Morgan fingerprint density at radius 2 is 1.80 bits per heavy atom. The second kappa shape index (κ2) is 4.98. The van der Waals surface area contributed by atoms with Gasteiger partial charge < -0.3 is 10.5 Å². The number of ether oxygens (including phenoxy) is 1. The fraction of sp³-hybridized carbons (Fsp3) is 0.250. The fourth-order valence-electron chi connectivity index (χ4n) is 2.49. The van der Waals surface area contributed by atoms with E-state index in [4.69, 9.17) is 22.1 Å². The highest BCUT2D eigenvalue weighted by Gasteiger charge is 2.41. The van der Waals surface area contributed by atoms with E-state index in [9.17, 15) is 4.39 Å². The van der Waals surface area contributed by atoms with E-state index in [2.05, 4.69) is 0 Å². The minimum atomic E-state index is -0.443. The molecule has 1 aliphatic rings. The van der Waals surface area contributed by atoms with Gasteiger partial charge in [0, 0.05) is 5.69 Å². The van der Waals surface area contributed by atoms with E-state index < -0.39 is 11.4 Å². The van der Waals surface area contributed by atoms with Crippen LogP contribution >= 0.6 is 11.6 Å². The molecule has 1 aliphatic carbocycles. The summed E-state index contributed by atoms with van der Waals surface area (Å²) in [6, 6.07) is 12.1. The van der Waals surface area contributed by atoms with Crippen LogP contribution in [0.1, 0.15) is 24.8 Å². The fourth-order valence-corrected chi connectivity index (χ4v) is 2.61. The molecular weight excluding hydrogens is 277 g/mol. The Labute approximate surface area is 122 Å². The van der Waals surface area contributed by atoms with Crippen LogP contribution < -0.4 is 10.5 Å². The first-order valence-corrected chi connectivity index (χ1v) is 6.97. The summed E-state index contributed by atoms with van der Waals surface area (Å²) in [5, 5.41) is 0.135. The van der Waals surface area contributed by atoms with E-state index in [1.165, 1.54) is 6.07 Å². The van der Waals surface area contributed by atoms with Gasteiger partial charge in [0.05, 0.1) is 5.02 Å². The molecule has 2 N–H and O–H groups in total. The van der Waals surface area contributed by atoms with E-state index in [1.807, 2.05) is 18.2 Å². The van der Waals surface area contributed by atoms with Crippen LogP contribution in [-0.2, 0) is 5.60 Å². The van der Waals surface area contributed by atoms with Gasteiger partial charge in [-0.3, -0.25) is 0 Å². The van der Waals surface area contributed by atoms with Gasteiger partial charge >= 0.3 is 0 Å².